The molecule has 0 aliphatic heterocycles. The van der Waals surface area contributed by atoms with E-state index >= 15 is 0 Å². The highest BCUT2D eigenvalue weighted by Gasteiger charge is 2.00. The summed E-state index contributed by atoms with van der Waals surface area (Å²) in [5.41, 5.74) is 16.3. The predicted molar refractivity (Wildman–Crippen MR) is 62.1 cm³/mol. The molecule has 0 amide bonds. The van der Waals surface area contributed by atoms with Gasteiger partial charge in [0.15, 0.2) is 0 Å². The summed E-state index contributed by atoms with van der Waals surface area (Å²) in [7, 11) is 0. The van der Waals surface area contributed by atoms with Gasteiger partial charge in [-0.2, -0.15) is 0 Å². The molecule has 1 rings (SSSR count). The van der Waals surface area contributed by atoms with E-state index in [0.717, 1.165) is 0 Å². The van der Waals surface area contributed by atoms with Crippen LogP contribution in [-0.4, -0.2) is 11.9 Å². The second-order valence-electron chi connectivity index (χ2n) is 2.71. The minimum atomic E-state index is -0.0376. The van der Waals surface area contributed by atoms with Crippen molar-refractivity contribution >= 4 is 40.8 Å². The van der Waals surface area contributed by atoms with Crippen LogP contribution in [0.3, 0.4) is 0 Å². The molecule has 0 bridgehead atoms. The monoisotopic (exact) mass is 281 g/mol. The molecule has 5 nitrogen and oxygen atoms in total. The Morgan fingerprint density at radius 2 is 1.56 bits per heavy atom. The maximum absolute atomic E-state index is 5.77. The zero-order valence-electron chi connectivity index (χ0n) is 8.05. The number of benzene rings is 1. The summed E-state index contributed by atoms with van der Waals surface area (Å²) in [4.78, 5) is 6.40. The Kier molecular flexibility index (Phi) is 5.95. The lowest BCUT2D eigenvalue weighted by atomic mass is 10.3. The second-order valence-corrected chi connectivity index (χ2v) is 3.58. The summed E-state index contributed by atoms with van der Waals surface area (Å²) in [5.74, 6) is 0.0257. The molecule has 0 heterocycles. The molecule has 0 aliphatic carbocycles. The van der Waals surface area contributed by atoms with Crippen molar-refractivity contribution < 1.29 is 17.4 Å². The van der Waals surface area contributed by atoms with E-state index in [1.54, 1.807) is 18.2 Å². The molecule has 0 aliphatic rings. The van der Waals surface area contributed by atoms with Crippen LogP contribution in [0.25, 0.3) is 0 Å². The van der Waals surface area contributed by atoms with E-state index in [4.69, 9.17) is 40.4 Å². The average Bonchev–Trinajstić information content (AvgIpc) is 1.98. The number of guanidine groups is 2. The van der Waals surface area contributed by atoms with Gasteiger partial charge in [0.2, 0.25) is 0 Å². The highest BCUT2D eigenvalue weighted by molar-refractivity contribution is 6.35. The fourth-order valence-corrected chi connectivity index (χ4v) is 1.43. The van der Waals surface area contributed by atoms with Gasteiger partial charge in [0.25, 0.3) is 5.96 Å². The van der Waals surface area contributed by atoms with Gasteiger partial charge in [-0.05, 0) is 18.2 Å². The third kappa shape index (κ3) is 5.06. The van der Waals surface area contributed by atoms with Crippen molar-refractivity contribution in [2.24, 2.45) is 22.2 Å². The Labute approximate surface area is 109 Å². The molecule has 0 atom stereocenters. The fourth-order valence-electron chi connectivity index (χ4n) is 0.919. The standard InChI is InChI=1S/C8H9Cl2N5.ClH/c9-4-1-5(10)3-6(2-4)14-8(13)15-7(11)12;/h1-3H,(H6,11,12,13,14,15);1H. The molecule has 1 aromatic carbocycles. The summed E-state index contributed by atoms with van der Waals surface area (Å²) in [6.07, 6.45) is 0. The van der Waals surface area contributed by atoms with Crippen molar-refractivity contribution in [2.45, 2.75) is 0 Å². The van der Waals surface area contributed by atoms with Crippen LogP contribution in [0.1, 0.15) is 0 Å². The summed E-state index contributed by atoms with van der Waals surface area (Å²) in [5, 5.41) is 0.942. The zero-order valence-corrected chi connectivity index (χ0v) is 10.3. The van der Waals surface area contributed by atoms with Crippen LogP contribution < -0.4 is 34.6 Å². The number of hydrogen-bond donors (Lipinski definition) is 4. The largest absolute Gasteiger partial charge is 1.00 e. The van der Waals surface area contributed by atoms with E-state index in [1.807, 2.05) is 0 Å². The van der Waals surface area contributed by atoms with Gasteiger partial charge in [-0.3, -0.25) is 0 Å². The SMILES string of the molecule is NC(=Nc1cc(Cl)cc(Cl)c1)[NH+]=C(N)N.[Cl-]. The first-order valence-electron chi connectivity index (χ1n) is 3.92. The van der Waals surface area contributed by atoms with E-state index in [-0.39, 0.29) is 24.3 Å². The first-order chi connectivity index (χ1) is 6.97. The molecular formula is C8H10Cl3N5. The van der Waals surface area contributed by atoms with Crippen molar-refractivity contribution in [3.8, 4) is 0 Å². The minimum Gasteiger partial charge on any atom is -1.00 e. The van der Waals surface area contributed by atoms with Gasteiger partial charge in [-0.1, -0.05) is 23.2 Å². The van der Waals surface area contributed by atoms with E-state index in [1.165, 1.54) is 0 Å². The van der Waals surface area contributed by atoms with Crippen LogP contribution in [0.5, 0.6) is 0 Å². The third-order valence-electron chi connectivity index (χ3n) is 1.37. The molecule has 8 heteroatoms. The van der Waals surface area contributed by atoms with Crippen LogP contribution in [0.2, 0.25) is 10.0 Å². The molecule has 0 unspecified atom stereocenters. The van der Waals surface area contributed by atoms with Crippen LogP contribution in [0.15, 0.2) is 23.2 Å². The van der Waals surface area contributed by atoms with Gasteiger partial charge >= 0.3 is 5.96 Å². The molecule has 0 aromatic heterocycles. The van der Waals surface area contributed by atoms with Gasteiger partial charge in [0.1, 0.15) is 5.69 Å². The molecular weight excluding hydrogens is 272 g/mol. The molecule has 0 saturated carbocycles. The highest BCUT2D eigenvalue weighted by Crippen LogP contribution is 2.23. The normalized spacial score (nSPS) is 10.5. The van der Waals surface area contributed by atoms with Crippen LogP contribution in [-0.2, 0) is 0 Å². The van der Waals surface area contributed by atoms with Crippen molar-refractivity contribution in [3.63, 3.8) is 0 Å². The number of aliphatic imine (C=N–C) groups is 1. The number of nitrogens with zero attached hydrogens (tertiary/aromatic N) is 1. The molecule has 7 N–H and O–H groups in total. The smallest absolute Gasteiger partial charge is 0.316 e. The van der Waals surface area contributed by atoms with Gasteiger partial charge in [0.05, 0.1) is 0 Å². The predicted octanol–water partition coefficient (Wildman–Crippen LogP) is -3.70. The minimum absolute atomic E-state index is 0. The molecule has 0 radical (unpaired) electrons. The van der Waals surface area contributed by atoms with Gasteiger partial charge < -0.3 is 29.6 Å². The van der Waals surface area contributed by atoms with Crippen molar-refractivity contribution in [3.05, 3.63) is 28.2 Å². The van der Waals surface area contributed by atoms with Crippen LogP contribution >= 0.6 is 23.2 Å². The van der Waals surface area contributed by atoms with E-state index < -0.39 is 0 Å². The number of nitrogens with one attached hydrogen (secondary N) is 1. The Morgan fingerprint density at radius 3 is 2.00 bits per heavy atom. The zero-order chi connectivity index (χ0) is 11.4. The Hall–Kier alpha value is -1.17. The van der Waals surface area contributed by atoms with E-state index in [9.17, 15) is 0 Å². The number of hydrogen-bond acceptors (Lipinski definition) is 1. The Balaban J connectivity index is 0.00000225. The van der Waals surface area contributed by atoms with E-state index in [2.05, 4.69) is 9.98 Å². The molecule has 16 heavy (non-hydrogen) atoms. The molecule has 0 saturated heterocycles. The summed E-state index contributed by atoms with van der Waals surface area (Å²) in [6.45, 7) is 0. The number of nitrogens with two attached hydrogens (primary N) is 3. The molecule has 88 valence electrons. The maximum Gasteiger partial charge on any atom is 0.316 e. The Bertz CT molecular complexity index is 405. The van der Waals surface area contributed by atoms with Gasteiger partial charge in [0, 0.05) is 10.0 Å². The average molecular weight is 283 g/mol. The lowest BCUT2D eigenvalue weighted by molar-refractivity contribution is -0.320. The van der Waals surface area contributed by atoms with E-state index in [0.29, 0.717) is 15.7 Å². The lowest BCUT2D eigenvalue weighted by Gasteiger charge is -1.95. The molecule has 0 spiro atoms. The fraction of sp³-hybridized carbons (Fsp3) is 0. The Morgan fingerprint density at radius 1 is 1.06 bits per heavy atom. The van der Waals surface area contributed by atoms with Gasteiger partial charge in [-0.15, -0.1) is 4.99 Å². The summed E-state index contributed by atoms with van der Waals surface area (Å²) in [6, 6.07) is 4.80. The van der Waals surface area contributed by atoms with Crippen molar-refractivity contribution in [2.75, 3.05) is 0 Å². The quantitative estimate of drug-likeness (QED) is 0.315. The molecule has 0 fully saturated rings. The number of halogens is 3. The summed E-state index contributed by atoms with van der Waals surface area (Å²) < 4.78 is 0. The highest BCUT2D eigenvalue weighted by atomic mass is 35.5. The topological polar surface area (TPSA) is 104 Å². The van der Waals surface area contributed by atoms with Gasteiger partial charge in [-0.25, -0.2) is 4.99 Å². The second kappa shape index (κ2) is 6.42. The van der Waals surface area contributed by atoms with Crippen molar-refractivity contribution in [1.29, 1.82) is 0 Å². The first kappa shape index (κ1) is 14.8. The maximum atomic E-state index is 5.77. The van der Waals surface area contributed by atoms with Crippen molar-refractivity contribution in [1.82, 2.24) is 0 Å². The molecule has 1 aromatic rings. The first-order valence-corrected chi connectivity index (χ1v) is 4.68. The summed E-state index contributed by atoms with van der Waals surface area (Å²) >= 11 is 11.5. The van der Waals surface area contributed by atoms with Crippen LogP contribution in [0.4, 0.5) is 5.69 Å². The third-order valence-corrected chi connectivity index (χ3v) is 1.81. The lowest BCUT2D eigenvalue weighted by Crippen LogP contribution is -3.00. The number of rotatable bonds is 1. The van der Waals surface area contributed by atoms with Crippen LogP contribution in [0, 0.1) is 0 Å².